The van der Waals surface area contributed by atoms with Crippen LogP contribution in [0, 0.1) is 17.2 Å². The number of hydrogen-bond donors (Lipinski definition) is 0. The predicted molar refractivity (Wildman–Crippen MR) is 69.8 cm³/mol. The number of likely N-dealkylation sites (tertiary alicyclic amines) is 2. The third kappa shape index (κ3) is 3.71. The predicted octanol–water partition coefficient (Wildman–Crippen LogP) is 1.62. The fourth-order valence-corrected chi connectivity index (χ4v) is 2.83. The molecule has 0 saturated carbocycles. The summed E-state index contributed by atoms with van der Waals surface area (Å²) in [4.78, 5) is 16.4. The number of amides is 1. The molecule has 0 unspecified atom stereocenters. The van der Waals surface area contributed by atoms with Gasteiger partial charge in [-0.15, -0.1) is 0 Å². The van der Waals surface area contributed by atoms with Gasteiger partial charge in [0.1, 0.15) is 0 Å². The van der Waals surface area contributed by atoms with Gasteiger partial charge < -0.3 is 4.90 Å². The molecule has 2 fully saturated rings. The van der Waals surface area contributed by atoms with Crippen LogP contribution in [0.3, 0.4) is 0 Å². The van der Waals surface area contributed by atoms with Gasteiger partial charge in [-0.2, -0.15) is 5.26 Å². The molecule has 0 aliphatic carbocycles. The summed E-state index contributed by atoms with van der Waals surface area (Å²) in [5, 5.41) is 8.85. The van der Waals surface area contributed by atoms with Crippen molar-refractivity contribution in [3.05, 3.63) is 0 Å². The van der Waals surface area contributed by atoms with E-state index in [-0.39, 0.29) is 11.8 Å². The maximum atomic E-state index is 12.2. The van der Waals surface area contributed by atoms with Crippen molar-refractivity contribution in [2.75, 3.05) is 32.7 Å². The highest BCUT2D eigenvalue weighted by atomic mass is 16.2. The molecule has 2 aliphatic heterocycles. The van der Waals surface area contributed by atoms with E-state index >= 15 is 0 Å². The Bertz CT molecular complexity index is 307. The number of hydrogen-bond acceptors (Lipinski definition) is 3. The first-order chi connectivity index (χ1) is 8.79. The molecule has 0 spiro atoms. The molecule has 2 aliphatic rings. The Morgan fingerprint density at radius 1 is 1.06 bits per heavy atom. The summed E-state index contributed by atoms with van der Waals surface area (Å²) in [6, 6.07) is 2.33. The molecule has 0 aromatic rings. The van der Waals surface area contributed by atoms with E-state index in [0.717, 1.165) is 51.9 Å². The Morgan fingerprint density at radius 2 is 1.67 bits per heavy atom. The smallest absolute Gasteiger partial charge is 0.236 e. The summed E-state index contributed by atoms with van der Waals surface area (Å²) in [5.41, 5.74) is 0. The van der Waals surface area contributed by atoms with Gasteiger partial charge in [-0.25, -0.2) is 0 Å². The molecule has 2 heterocycles. The second kappa shape index (κ2) is 6.75. The summed E-state index contributed by atoms with van der Waals surface area (Å²) in [5.74, 6) is 0.488. The number of piperidine rings is 1. The van der Waals surface area contributed by atoms with Crippen molar-refractivity contribution in [1.29, 1.82) is 5.26 Å². The number of nitriles is 1. The minimum absolute atomic E-state index is 0.203. The van der Waals surface area contributed by atoms with Gasteiger partial charge in [0.15, 0.2) is 0 Å². The molecule has 0 aromatic heterocycles. The highest BCUT2D eigenvalue weighted by Crippen LogP contribution is 2.16. The molecular weight excluding hydrogens is 226 g/mol. The Labute approximate surface area is 110 Å². The summed E-state index contributed by atoms with van der Waals surface area (Å²) < 4.78 is 0. The standard InChI is InChI=1S/C14H23N3O/c15-11-13-5-9-16(10-6-13)12-14(18)17-7-3-1-2-4-8-17/h13H,1-10,12H2. The van der Waals surface area contributed by atoms with E-state index in [1.807, 2.05) is 4.90 Å². The summed E-state index contributed by atoms with van der Waals surface area (Å²) in [7, 11) is 0. The fraction of sp³-hybridized carbons (Fsp3) is 0.857. The minimum atomic E-state index is 0.203. The van der Waals surface area contributed by atoms with Crippen molar-refractivity contribution in [3.8, 4) is 6.07 Å². The van der Waals surface area contributed by atoms with Crippen molar-refractivity contribution in [2.45, 2.75) is 38.5 Å². The van der Waals surface area contributed by atoms with E-state index in [0.29, 0.717) is 6.54 Å². The maximum absolute atomic E-state index is 12.2. The maximum Gasteiger partial charge on any atom is 0.236 e. The number of nitrogens with zero attached hydrogens (tertiary/aromatic N) is 3. The van der Waals surface area contributed by atoms with Gasteiger partial charge in [-0.3, -0.25) is 9.69 Å². The van der Waals surface area contributed by atoms with Crippen LogP contribution in [0.2, 0.25) is 0 Å². The van der Waals surface area contributed by atoms with Gasteiger partial charge in [0, 0.05) is 19.0 Å². The molecule has 0 atom stereocenters. The van der Waals surface area contributed by atoms with Crippen molar-refractivity contribution < 1.29 is 4.79 Å². The van der Waals surface area contributed by atoms with Crippen LogP contribution in [0.5, 0.6) is 0 Å². The van der Waals surface area contributed by atoms with Crippen LogP contribution < -0.4 is 0 Å². The number of carbonyl (C=O) groups excluding carboxylic acids is 1. The SMILES string of the molecule is N#CC1CCN(CC(=O)N2CCCCCC2)CC1. The van der Waals surface area contributed by atoms with Crippen molar-refractivity contribution >= 4 is 5.91 Å². The third-order valence-electron chi connectivity index (χ3n) is 4.09. The quantitative estimate of drug-likeness (QED) is 0.747. The average Bonchev–Trinajstić information content (AvgIpc) is 2.68. The van der Waals surface area contributed by atoms with E-state index in [4.69, 9.17) is 5.26 Å². The van der Waals surface area contributed by atoms with Crippen LogP contribution >= 0.6 is 0 Å². The highest BCUT2D eigenvalue weighted by Gasteiger charge is 2.23. The lowest BCUT2D eigenvalue weighted by Crippen LogP contribution is -2.43. The van der Waals surface area contributed by atoms with E-state index in [2.05, 4.69) is 11.0 Å². The number of carbonyl (C=O) groups is 1. The van der Waals surface area contributed by atoms with Crippen molar-refractivity contribution in [1.82, 2.24) is 9.80 Å². The van der Waals surface area contributed by atoms with Crippen LogP contribution in [-0.2, 0) is 4.79 Å². The molecule has 1 amide bonds. The van der Waals surface area contributed by atoms with Crippen molar-refractivity contribution in [2.24, 2.45) is 5.92 Å². The van der Waals surface area contributed by atoms with Gasteiger partial charge in [0.05, 0.1) is 12.6 Å². The molecule has 18 heavy (non-hydrogen) atoms. The van der Waals surface area contributed by atoms with E-state index in [1.54, 1.807) is 0 Å². The summed E-state index contributed by atoms with van der Waals surface area (Å²) in [6.45, 7) is 4.23. The fourth-order valence-electron chi connectivity index (χ4n) is 2.83. The first kappa shape index (κ1) is 13.4. The normalized spacial score (nSPS) is 23.4. The van der Waals surface area contributed by atoms with Crippen LogP contribution in [0.4, 0.5) is 0 Å². The molecule has 100 valence electrons. The zero-order chi connectivity index (χ0) is 12.8. The Kier molecular flexibility index (Phi) is 5.00. The van der Waals surface area contributed by atoms with E-state index in [9.17, 15) is 4.79 Å². The van der Waals surface area contributed by atoms with Gasteiger partial charge >= 0.3 is 0 Å². The Morgan fingerprint density at radius 3 is 2.22 bits per heavy atom. The van der Waals surface area contributed by atoms with Gasteiger partial charge in [-0.05, 0) is 38.8 Å². The average molecular weight is 249 g/mol. The third-order valence-corrected chi connectivity index (χ3v) is 4.09. The van der Waals surface area contributed by atoms with Crippen LogP contribution in [-0.4, -0.2) is 48.4 Å². The molecule has 4 heteroatoms. The molecular formula is C14H23N3O. The topological polar surface area (TPSA) is 47.3 Å². The van der Waals surface area contributed by atoms with E-state index < -0.39 is 0 Å². The first-order valence-corrected chi connectivity index (χ1v) is 7.19. The second-order valence-corrected chi connectivity index (χ2v) is 5.47. The molecule has 4 nitrogen and oxygen atoms in total. The van der Waals surface area contributed by atoms with Crippen LogP contribution in [0.25, 0.3) is 0 Å². The molecule has 0 bridgehead atoms. The monoisotopic (exact) mass is 249 g/mol. The lowest BCUT2D eigenvalue weighted by Gasteiger charge is -2.30. The van der Waals surface area contributed by atoms with E-state index in [1.165, 1.54) is 12.8 Å². The zero-order valence-corrected chi connectivity index (χ0v) is 11.1. The van der Waals surface area contributed by atoms with Crippen LogP contribution in [0.15, 0.2) is 0 Å². The summed E-state index contributed by atoms with van der Waals surface area (Å²) >= 11 is 0. The zero-order valence-electron chi connectivity index (χ0n) is 11.1. The molecule has 0 N–H and O–H groups in total. The van der Waals surface area contributed by atoms with Crippen molar-refractivity contribution in [3.63, 3.8) is 0 Å². The lowest BCUT2D eigenvalue weighted by atomic mass is 9.99. The highest BCUT2D eigenvalue weighted by molar-refractivity contribution is 5.78. The summed E-state index contributed by atoms with van der Waals surface area (Å²) in [6.07, 6.45) is 6.67. The molecule has 2 rings (SSSR count). The minimum Gasteiger partial charge on any atom is -0.342 e. The molecule has 0 aromatic carbocycles. The first-order valence-electron chi connectivity index (χ1n) is 7.19. The van der Waals surface area contributed by atoms with Gasteiger partial charge in [-0.1, -0.05) is 12.8 Å². The second-order valence-electron chi connectivity index (χ2n) is 5.47. The van der Waals surface area contributed by atoms with Gasteiger partial charge in [0.25, 0.3) is 0 Å². The van der Waals surface area contributed by atoms with Gasteiger partial charge in [0.2, 0.25) is 5.91 Å². The lowest BCUT2D eigenvalue weighted by molar-refractivity contribution is -0.132. The largest absolute Gasteiger partial charge is 0.342 e. The Balaban J connectivity index is 1.75. The van der Waals surface area contributed by atoms with Crippen LogP contribution in [0.1, 0.15) is 38.5 Å². The Hall–Kier alpha value is -1.08. The molecule has 0 radical (unpaired) electrons. The molecule has 2 saturated heterocycles. The number of rotatable bonds is 2.